The number of amides is 1. The van der Waals surface area contributed by atoms with Gasteiger partial charge in [0.1, 0.15) is 11.4 Å². The van der Waals surface area contributed by atoms with Gasteiger partial charge in [0.2, 0.25) is 0 Å². The molecule has 0 bridgehead atoms. The Labute approximate surface area is 130 Å². The van der Waals surface area contributed by atoms with Crippen LogP contribution in [-0.2, 0) is 9.53 Å². The highest BCUT2D eigenvalue weighted by atomic mass is 35.5. The highest BCUT2D eigenvalue weighted by Crippen LogP contribution is 2.26. The second kappa shape index (κ2) is 6.17. The predicted octanol–water partition coefficient (Wildman–Crippen LogP) is 2.50. The normalized spacial score (nSPS) is 17.3. The Bertz CT molecular complexity index is 588. The number of carbonyl (C=O) groups excluding carboxylic acids is 1. The van der Waals surface area contributed by atoms with Gasteiger partial charge < -0.3 is 15.2 Å². The SMILES string of the molecule is O=C(NC1(C(=O)O)CCOCC1)c1cc(F)c(Cl)cc1Cl. The summed E-state index contributed by atoms with van der Waals surface area (Å²) in [5.74, 6) is -2.73. The molecule has 0 spiro atoms. The van der Waals surface area contributed by atoms with Gasteiger partial charge in [0.05, 0.1) is 15.6 Å². The molecular weight excluding hydrogens is 324 g/mol. The van der Waals surface area contributed by atoms with Gasteiger partial charge in [-0.25, -0.2) is 9.18 Å². The van der Waals surface area contributed by atoms with Crippen LogP contribution in [0.25, 0.3) is 0 Å². The van der Waals surface area contributed by atoms with E-state index in [9.17, 15) is 19.1 Å². The van der Waals surface area contributed by atoms with E-state index in [0.29, 0.717) is 0 Å². The van der Waals surface area contributed by atoms with Gasteiger partial charge in [-0.3, -0.25) is 4.79 Å². The van der Waals surface area contributed by atoms with Crippen LogP contribution in [0.5, 0.6) is 0 Å². The summed E-state index contributed by atoms with van der Waals surface area (Å²) in [4.78, 5) is 23.6. The molecule has 114 valence electrons. The zero-order valence-electron chi connectivity index (χ0n) is 10.8. The number of aliphatic carboxylic acids is 1. The van der Waals surface area contributed by atoms with E-state index in [1.807, 2.05) is 0 Å². The molecule has 0 unspecified atom stereocenters. The van der Waals surface area contributed by atoms with Crippen molar-refractivity contribution in [3.05, 3.63) is 33.6 Å². The zero-order chi connectivity index (χ0) is 15.6. The Morgan fingerprint density at radius 3 is 2.43 bits per heavy atom. The molecule has 2 rings (SSSR count). The summed E-state index contributed by atoms with van der Waals surface area (Å²) < 4.78 is 18.5. The van der Waals surface area contributed by atoms with Crippen molar-refractivity contribution in [2.45, 2.75) is 18.4 Å². The lowest BCUT2D eigenvalue weighted by Gasteiger charge is -2.33. The van der Waals surface area contributed by atoms with Crippen molar-refractivity contribution in [2.75, 3.05) is 13.2 Å². The van der Waals surface area contributed by atoms with Crippen molar-refractivity contribution < 1.29 is 23.8 Å². The Morgan fingerprint density at radius 2 is 1.86 bits per heavy atom. The van der Waals surface area contributed by atoms with Crippen molar-refractivity contribution in [1.29, 1.82) is 0 Å². The van der Waals surface area contributed by atoms with E-state index in [1.165, 1.54) is 0 Å². The van der Waals surface area contributed by atoms with Crippen LogP contribution in [0.2, 0.25) is 10.0 Å². The fourth-order valence-electron chi connectivity index (χ4n) is 2.09. The van der Waals surface area contributed by atoms with Crippen LogP contribution in [0.4, 0.5) is 4.39 Å². The van der Waals surface area contributed by atoms with E-state index in [2.05, 4.69) is 5.32 Å². The predicted molar refractivity (Wildman–Crippen MR) is 74.3 cm³/mol. The van der Waals surface area contributed by atoms with Crippen molar-refractivity contribution in [3.8, 4) is 0 Å². The summed E-state index contributed by atoms with van der Waals surface area (Å²) in [6, 6.07) is 1.99. The molecule has 1 amide bonds. The summed E-state index contributed by atoms with van der Waals surface area (Å²) >= 11 is 11.4. The lowest BCUT2D eigenvalue weighted by atomic mass is 9.89. The minimum Gasteiger partial charge on any atom is -0.480 e. The highest BCUT2D eigenvalue weighted by molar-refractivity contribution is 6.36. The number of carboxylic acid groups (broad SMARTS) is 1. The van der Waals surface area contributed by atoms with Gasteiger partial charge in [-0.2, -0.15) is 0 Å². The first kappa shape index (κ1) is 16.0. The molecule has 0 aliphatic carbocycles. The number of carbonyl (C=O) groups is 2. The Balaban J connectivity index is 2.28. The molecule has 1 saturated heterocycles. The molecule has 21 heavy (non-hydrogen) atoms. The largest absolute Gasteiger partial charge is 0.480 e. The molecular formula is C13H12Cl2FNO4. The average molecular weight is 336 g/mol. The van der Waals surface area contributed by atoms with Crippen LogP contribution in [0.3, 0.4) is 0 Å². The van der Waals surface area contributed by atoms with Gasteiger partial charge in [0, 0.05) is 26.1 Å². The van der Waals surface area contributed by atoms with Crippen molar-refractivity contribution in [2.24, 2.45) is 0 Å². The molecule has 0 atom stereocenters. The minimum absolute atomic E-state index is 0.0495. The number of ether oxygens (including phenoxy) is 1. The maximum absolute atomic E-state index is 13.4. The fraction of sp³-hybridized carbons (Fsp3) is 0.385. The molecule has 5 nitrogen and oxygen atoms in total. The molecule has 8 heteroatoms. The first-order valence-electron chi connectivity index (χ1n) is 6.14. The van der Waals surface area contributed by atoms with Crippen molar-refractivity contribution in [1.82, 2.24) is 5.32 Å². The van der Waals surface area contributed by atoms with Crippen LogP contribution >= 0.6 is 23.2 Å². The lowest BCUT2D eigenvalue weighted by Crippen LogP contribution is -2.57. The first-order valence-corrected chi connectivity index (χ1v) is 6.89. The number of halogens is 3. The Kier molecular flexibility index (Phi) is 4.70. The smallest absolute Gasteiger partial charge is 0.329 e. The summed E-state index contributed by atoms with van der Waals surface area (Å²) in [7, 11) is 0. The van der Waals surface area contributed by atoms with Gasteiger partial charge in [-0.15, -0.1) is 0 Å². The molecule has 1 aliphatic rings. The van der Waals surface area contributed by atoms with Crippen molar-refractivity contribution in [3.63, 3.8) is 0 Å². The van der Waals surface area contributed by atoms with Gasteiger partial charge >= 0.3 is 5.97 Å². The molecule has 0 radical (unpaired) electrons. The summed E-state index contributed by atoms with van der Waals surface area (Å²) in [5, 5.41) is 11.5. The Hall–Kier alpha value is -1.37. The first-order chi connectivity index (χ1) is 9.85. The second-order valence-electron chi connectivity index (χ2n) is 4.70. The second-order valence-corrected chi connectivity index (χ2v) is 5.51. The molecule has 0 aromatic heterocycles. The third-order valence-electron chi connectivity index (χ3n) is 3.36. The molecule has 1 aromatic rings. The topological polar surface area (TPSA) is 75.6 Å². The molecule has 1 aliphatic heterocycles. The number of carboxylic acids is 1. The number of nitrogens with one attached hydrogen (secondary N) is 1. The van der Waals surface area contributed by atoms with Gasteiger partial charge in [0.15, 0.2) is 0 Å². The fourth-order valence-corrected chi connectivity index (χ4v) is 2.56. The average Bonchev–Trinajstić information content (AvgIpc) is 2.43. The third kappa shape index (κ3) is 3.28. The zero-order valence-corrected chi connectivity index (χ0v) is 12.3. The monoisotopic (exact) mass is 335 g/mol. The van der Waals surface area contributed by atoms with Crippen LogP contribution in [0.15, 0.2) is 12.1 Å². The maximum atomic E-state index is 13.4. The Morgan fingerprint density at radius 1 is 1.24 bits per heavy atom. The molecule has 1 heterocycles. The summed E-state index contributed by atoms with van der Waals surface area (Å²) in [6.07, 6.45) is 0.254. The minimum atomic E-state index is -1.44. The molecule has 2 N–H and O–H groups in total. The van der Waals surface area contributed by atoms with Crippen LogP contribution in [0, 0.1) is 5.82 Å². The third-order valence-corrected chi connectivity index (χ3v) is 3.97. The van der Waals surface area contributed by atoms with Crippen LogP contribution in [0.1, 0.15) is 23.2 Å². The standard InChI is InChI=1S/C13H12Cl2FNO4/c14-8-6-9(15)10(16)5-7(8)11(18)17-13(12(19)20)1-3-21-4-2-13/h5-6H,1-4H2,(H,17,18)(H,19,20). The van der Waals surface area contributed by atoms with Gasteiger partial charge in [0.25, 0.3) is 5.91 Å². The van der Waals surface area contributed by atoms with Gasteiger partial charge in [-0.1, -0.05) is 23.2 Å². The summed E-state index contributed by atoms with van der Waals surface area (Å²) in [6.45, 7) is 0.435. The summed E-state index contributed by atoms with van der Waals surface area (Å²) in [5.41, 5.74) is -1.60. The number of hydrogen-bond donors (Lipinski definition) is 2. The van der Waals surface area contributed by atoms with Crippen LogP contribution in [-0.4, -0.2) is 35.7 Å². The van der Waals surface area contributed by atoms with E-state index in [4.69, 9.17) is 27.9 Å². The van der Waals surface area contributed by atoms with Crippen LogP contribution < -0.4 is 5.32 Å². The quantitative estimate of drug-likeness (QED) is 0.832. The van der Waals surface area contributed by atoms with E-state index < -0.39 is 23.2 Å². The number of rotatable bonds is 3. The lowest BCUT2D eigenvalue weighted by molar-refractivity contribution is -0.148. The number of hydrogen-bond acceptors (Lipinski definition) is 3. The van der Waals surface area contributed by atoms with E-state index in [-0.39, 0.29) is 41.7 Å². The molecule has 0 saturated carbocycles. The maximum Gasteiger partial charge on any atom is 0.329 e. The van der Waals surface area contributed by atoms with Crippen molar-refractivity contribution >= 4 is 35.1 Å². The molecule has 1 aromatic carbocycles. The highest BCUT2D eigenvalue weighted by Gasteiger charge is 2.42. The van der Waals surface area contributed by atoms with E-state index in [0.717, 1.165) is 12.1 Å². The van der Waals surface area contributed by atoms with Gasteiger partial charge in [-0.05, 0) is 12.1 Å². The number of benzene rings is 1. The van der Waals surface area contributed by atoms with E-state index in [1.54, 1.807) is 0 Å². The van der Waals surface area contributed by atoms with E-state index >= 15 is 0 Å². The molecule has 1 fully saturated rings.